The van der Waals surface area contributed by atoms with Crippen molar-refractivity contribution in [3.63, 3.8) is 0 Å². The highest BCUT2D eigenvalue weighted by molar-refractivity contribution is 5.79. The fourth-order valence-electron chi connectivity index (χ4n) is 3.82. The second kappa shape index (κ2) is 11.6. The van der Waals surface area contributed by atoms with Gasteiger partial charge in [0.25, 0.3) is 0 Å². The molecule has 0 bridgehead atoms. The van der Waals surface area contributed by atoms with E-state index in [1.165, 1.54) is 13.2 Å². The van der Waals surface area contributed by atoms with Crippen LogP contribution in [0.2, 0.25) is 0 Å². The summed E-state index contributed by atoms with van der Waals surface area (Å²) in [5, 5.41) is 14.6. The van der Waals surface area contributed by atoms with Gasteiger partial charge >= 0.3 is 18.2 Å². The third kappa shape index (κ3) is 6.74. The SMILES string of the molecule is CCC(NC(=O)NCc1cccnc1)c1cc(C(F)(F)F)ccc1-c1cc(CC(=O)O)ccc1OC. The Labute approximate surface area is 206 Å². The van der Waals surface area contributed by atoms with Crippen molar-refractivity contribution >= 4 is 12.0 Å². The summed E-state index contributed by atoms with van der Waals surface area (Å²) in [5.41, 5.74) is 1.41. The van der Waals surface area contributed by atoms with Gasteiger partial charge in [-0.05, 0) is 59.0 Å². The van der Waals surface area contributed by atoms with Crippen LogP contribution < -0.4 is 15.4 Å². The van der Waals surface area contributed by atoms with Crippen LogP contribution in [-0.4, -0.2) is 29.2 Å². The van der Waals surface area contributed by atoms with E-state index in [1.54, 1.807) is 49.6 Å². The van der Waals surface area contributed by atoms with E-state index in [-0.39, 0.29) is 18.5 Å². The van der Waals surface area contributed by atoms with Crippen molar-refractivity contribution in [3.05, 3.63) is 83.2 Å². The van der Waals surface area contributed by atoms with E-state index in [2.05, 4.69) is 15.6 Å². The van der Waals surface area contributed by atoms with E-state index in [4.69, 9.17) is 4.74 Å². The van der Waals surface area contributed by atoms with Crippen LogP contribution in [0.15, 0.2) is 60.9 Å². The van der Waals surface area contributed by atoms with Crippen molar-refractivity contribution in [1.29, 1.82) is 0 Å². The smallest absolute Gasteiger partial charge is 0.416 e. The number of aliphatic carboxylic acids is 1. The van der Waals surface area contributed by atoms with Gasteiger partial charge in [-0.1, -0.05) is 25.1 Å². The summed E-state index contributed by atoms with van der Waals surface area (Å²) in [6, 6.07) is 10.2. The molecule has 1 heterocycles. The second-order valence-corrected chi connectivity index (χ2v) is 8.05. The van der Waals surface area contributed by atoms with Crippen LogP contribution in [0.3, 0.4) is 0 Å². The number of pyridine rings is 1. The number of rotatable bonds is 9. The summed E-state index contributed by atoms with van der Waals surface area (Å²) in [7, 11) is 1.42. The Morgan fingerprint density at radius 2 is 1.86 bits per heavy atom. The topological polar surface area (TPSA) is 101 Å². The fraction of sp³-hybridized carbons (Fsp3) is 0.269. The average Bonchev–Trinajstić information content (AvgIpc) is 2.85. The fourth-order valence-corrected chi connectivity index (χ4v) is 3.82. The number of carbonyl (C=O) groups is 2. The number of benzene rings is 2. The third-order valence-corrected chi connectivity index (χ3v) is 5.55. The van der Waals surface area contributed by atoms with Crippen molar-refractivity contribution < 1.29 is 32.6 Å². The number of hydrogen-bond acceptors (Lipinski definition) is 4. The first-order chi connectivity index (χ1) is 17.1. The number of halogens is 3. The van der Waals surface area contributed by atoms with E-state index in [0.29, 0.717) is 28.9 Å². The Morgan fingerprint density at radius 3 is 2.47 bits per heavy atom. The van der Waals surface area contributed by atoms with E-state index >= 15 is 0 Å². The predicted molar refractivity (Wildman–Crippen MR) is 127 cm³/mol. The molecule has 0 radical (unpaired) electrons. The maximum atomic E-state index is 13.6. The molecule has 1 unspecified atom stereocenters. The standard InChI is InChI=1S/C26H26F3N3O4/c1-3-22(32-25(35)31-15-17-5-4-10-30-14-17)20-13-18(26(27,28)29)7-8-19(20)21-11-16(12-24(33)34)6-9-23(21)36-2/h4-11,13-14,22H,3,12,15H2,1-2H3,(H,33,34)(H2,31,32,35). The van der Waals surface area contributed by atoms with E-state index in [9.17, 15) is 27.9 Å². The van der Waals surface area contributed by atoms with Gasteiger partial charge in [-0.2, -0.15) is 13.2 Å². The molecule has 0 spiro atoms. The number of hydrogen-bond donors (Lipinski definition) is 3. The van der Waals surface area contributed by atoms with Gasteiger partial charge < -0.3 is 20.5 Å². The van der Waals surface area contributed by atoms with E-state index < -0.39 is 29.8 Å². The quantitative estimate of drug-likeness (QED) is 0.367. The van der Waals surface area contributed by atoms with E-state index in [1.807, 2.05) is 0 Å². The molecule has 10 heteroatoms. The number of nitrogens with zero attached hydrogens (tertiary/aromatic N) is 1. The monoisotopic (exact) mass is 501 g/mol. The van der Waals surface area contributed by atoms with Gasteiger partial charge in [0.05, 0.1) is 25.1 Å². The van der Waals surface area contributed by atoms with Crippen LogP contribution in [0.4, 0.5) is 18.0 Å². The number of nitrogens with one attached hydrogen (secondary N) is 2. The van der Waals surface area contributed by atoms with Crippen LogP contribution in [0.1, 0.15) is 41.6 Å². The lowest BCUT2D eigenvalue weighted by Crippen LogP contribution is -2.37. The Bertz CT molecular complexity index is 1220. The minimum absolute atomic E-state index is 0.191. The molecule has 36 heavy (non-hydrogen) atoms. The highest BCUT2D eigenvalue weighted by atomic mass is 19.4. The number of ether oxygens (including phenoxy) is 1. The molecule has 0 fully saturated rings. The number of alkyl halides is 3. The molecule has 3 aromatic rings. The molecule has 1 atom stereocenters. The van der Waals surface area contributed by atoms with Crippen LogP contribution in [0, 0.1) is 0 Å². The number of aromatic nitrogens is 1. The summed E-state index contributed by atoms with van der Waals surface area (Å²) in [6.07, 6.45) is -1.36. The normalized spacial score (nSPS) is 12.0. The van der Waals surface area contributed by atoms with Gasteiger partial charge in [0, 0.05) is 24.5 Å². The third-order valence-electron chi connectivity index (χ3n) is 5.55. The van der Waals surface area contributed by atoms with Gasteiger partial charge in [0.1, 0.15) is 5.75 Å². The molecule has 0 aliphatic rings. The molecular formula is C26H26F3N3O4. The summed E-state index contributed by atoms with van der Waals surface area (Å²) < 4.78 is 46.2. The largest absolute Gasteiger partial charge is 0.496 e. The maximum absolute atomic E-state index is 13.6. The molecule has 1 aromatic heterocycles. The number of carbonyl (C=O) groups excluding carboxylic acids is 1. The molecule has 190 valence electrons. The zero-order chi connectivity index (χ0) is 26.3. The number of carboxylic acid groups (broad SMARTS) is 1. The molecular weight excluding hydrogens is 475 g/mol. The molecule has 0 saturated heterocycles. The lowest BCUT2D eigenvalue weighted by Gasteiger charge is -2.23. The zero-order valence-electron chi connectivity index (χ0n) is 19.7. The second-order valence-electron chi connectivity index (χ2n) is 8.05. The highest BCUT2D eigenvalue weighted by Gasteiger charge is 2.32. The Kier molecular flexibility index (Phi) is 8.52. The highest BCUT2D eigenvalue weighted by Crippen LogP contribution is 2.40. The van der Waals surface area contributed by atoms with Gasteiger partial charge in [-0.15, -0.1) is 0 Å². The molecule has 0 aliphatic heterocycles. The summed E-state index contributed by atoms with van der Waals surface area (Å²) in [6.45, 7) is 1.94. The summed E-state index contributed by atoms with van der Waals surface area (Å²) >= 11 is 0. The number of methoxy groups -OCH3 is 1. The summed E-state index contributed by atoms with van der Waals surface area (Å²) in [4.78, 5) is 27.8. The Balaban J connectivity index is 2.01. The van der Waals surface area contributed by atoms with Crippen molar-refractivity contribution in [2.75, 3.05) is 7.11 Å². The zero-order valence-corrected chi connectivity index (χ0v) is 19.7. The van der Waals surface area contributed by atoms with Crippen LogP contribution in [0.5, 0.6) is 5.75 Å². The molecule has 2 amide bonds. The molecule has 0 saturated carbocycles. The van der Waals surface area contributed by atoms with Crippen molar-refractivity contribution in [2.45, 2.75) is 38.5 Å². The first kappa shape index (κ1) is 26.5. The first-order valence-corrected chi connectivity index (χ1v) is 11.2. The summed E-state index contributed by atoms with van der Waals surface area (Å²) in [5.74, 6) is -0.682. The van der Waals surface area contributed by atoms with Crippen molar-refractivity contribution in [1.82, 2.24) is 15.6 Å². The lowest BCUT2D eigenvalue weighted by atomic mass is 9.90. The predicted octanol–water partition coefficient (Wildman–Crippen LogP) is 5.35. The minimum atomic E-state index is -4.59. The van der Waals surface area contributed by atoms with Crippen LogP contribution in [-0.2, 0) is 23.9 Å². The molecule has 3 N–H and O–H groups in total. The minimum Gasteiger partial charge on any atom is -0.496 e. The van der Waals surface area contributed by atoms with Crippen molar-refractivity contribution in [2.24, 2.45) is 0 Å². The van der Waals surface area contributed by atoms with Crippen LogP contribution >= 0.6 is 0 Å². The van der Waals surface area contributed by atoms with Crippen molar-refractivity contribution in [3.8, 4) is 16.9 Å². The first-order valence-electron chi connectivity index (χ1n) is 11.2. The number of urea groups is 1. The van der Waals surface area contributed by atoms with Gasteiger partial charge in [0.2, 0.25) is 0 Å². The number of amides is 2. The number of carboxylic acids is 1. The molecule has 0 aliphatic carbocycles. The Morgan fingerprint density at radius 1 is 1.08 bits per heavy atom. The molecule has 7 nitrogen and oxygen atoms in total. The maximum Gasteiger partial charge on any atom is 0.416 e. The van der Waals surface area contributed by atoms with Gasteiger partial charge in [-0.25, -0.2) is 4.79 Å². The van der Waals surface area contributed by atoms with Gasteiger partial charge in [0.15, 0.2) is 0 Å². The molecule has 3 rings (SSSR count). The van der Waals surface area contributed by atoms with Gasteiger partial charge in [-0.3, -0.25) is 9.78 Å². The lowest BCUT2D eigenvalue weighted by molar-refractivity contribution is -0.138. The molecule has 2 aromatic carbocycles. The van der Waals surface area contributed by atoms with Crippen LogP contribution in [0.25, 0.3) is 11.1 Å². The van der Waals surface area contributed by atoms with E-state index in [0.717, 1.165) is 17.7 Å². The Hall–Kier alpha value is -4.08. The average molecular weight is 502 g/mol.